The second-order valence-electron chi connectivity index (χ2n) is 9.29. The summed E-state index contributed by atoms with van der Waals surface area (Å²) in [6.45, 7) is 4.60. The van der Waals surface area contributed by atoms with Crippen LogP contribution in [0.5, 0.6) is 0 Å². The third-order valence-electron chi connectivity index (χ3n) is 6.82. The number of benzene rings is 1. The van der Waals surface area contributed by atoms with Crippen LogP contribution >= 0.6 is 0 Å². The highest BCUT2D eigenvalue weighted by Crippen LogP contribution is 2.34. The molecule has 1 nitrogen and oxygen atoms in total. The van der Waals surface area contributed by atoms with E-state index in [1.807, 2.05) is 0 Å². The molecule has 0 aliphatic heterocycles. The van der Waals surface area contributed by atoms with Crippen LogP contribution in [-0.2, 0) is 12.8 Å². The van der Waals surface area contributed by atoms with Gasteiger partial charge in [0.25, 0.3) is 0 Å². The van der Waals surface area contributed by atoms with Gasteiger partial charge in [0.05, 0.1) is 5.69 Å². The number of hydrogen-bond acceptors (Lipinski definition) is 1. The second-order valence-corrected chi connectivity index (χ2v) is 9.29. The summed E-state index contributed by atoms with van der Waals surface area (Å²) in [5.74, 6) is 1.93. The van der Waals surface area contributed by atoms with E-state index in [4.69, 9.17) is 4.98 Å². The molecular weight excluding hydrogens is 350 g/mol. The minimum atomic E-state index is 0.935. The molecule has 1 fully saturated rings. The van der Waals surface area contributed by atoms with Gasteiger partial charge in [-0.15, -0.1) is 0 Å². The smallest absolute Gasteiger partial charge is 0.0702 e. The Morgan fingerprint density at radius 1 is 0.759 bits per heavy atom. The Labute approximate surface area is 179 Å². The van der Waals surface area contributed by atoms with Gasteiger partial charge in [0, 0.05) is 11.8 Å². The van der Waals surface area contributed by atoms with Crippen molar-refractivity contribution in [2.75, 3.05) is 0 Å². The standard InChI is InChI=1S/C28H41N/c1-3-5-6-7-10-23-15-18-27(19-16-23)28-20-17-26(22-29-28)14-13-25-12-8-11-24(21-25)9-4-2/h15-20,22,24-25H,3-14,21H2,1-2H3. The average Bonchev–Trinajstić information content (AvgIpc) is 2.77. The van der Waals surface area contributed by atoms with E-state index >= 15 is 0 Å². The third-order valence-corrected chi connectivity index (χ3v) is 6.82. The first kappa shape index (κ1) is 22.1. The molecule has 2 atom stereocenters. The van der Waals surface area contributed by atoms with Gasteiger partial charge in [-0.05, 0) is 61.1 Å². The van der Waals surface area contributed by atoms with Gasteiger partial charge in [-0.3, -0.25) is 4.98 Å². The van der Waals surface area contributed by atoms with E-state index in [1.54, 1.807) is 0 Å². The molecule has 158 valence electrons. The van der Waals surface area contributed by atoms with Crippen LogP contribution in [0.4, 0.5) is 0 Å². The number of hydrogen-bond donors (Lipinski definition) is 0. The zero-order valence-corrected chi connectivity index (χ0v) is 18.8. The number of nitrogens with zero attached hydrogens (tertiary/aromatic N) is 1. The Kier molecular flexibility index (Phi) is 9.25. The molecule has 3 rings (SSSR count). The molecule has 2 unspecified atom stereocenters. The molecule has 29 heavy (non-hydrogen) atoms. The number of aromatic nitrogens is 1. The van der Waals surface area contributed by atoms with Gasteiger partial charge in [0.2, 0.25) is 0 Å². The molecule has 1 heteroatoms. The molecule has 0 spiro atoms. The van der Waals surface area contributed by atoms with E-state index in [0.717, 1.165) is 17.5 Å². The van der Waals surface area contributed by atoms with Crippen molar-refractivity contribution in [3.8, 4) is 11.3 Å². The lowest BCUT2D eigenvalue weighted by atomic mass is 9.77. The fourth-order valence-corrected chi connectivity index (χ4v) is 5.05. The molecule has 1 aliphatic carbocycles. The topological polar surface area (TPSA) is 12.9 Å². The zero-order valence-electron chi connectivity index (χ0n) is 18.8. The molecule has 1 heterocycles. The summed E-state index contributed by atoms with van der Waals surface area (Å²) in [5, 5.41) is 0. The summed E-state index contributed by atoms with van der Waals surface area (Å²) in [4.78, 5) is 4.77. The summed E-state index contributed by atoms with van der Waals surface area (Å²) in [6.07, 6.45) is 19.8. The predicted octanol–water partition coefficient (Wildman–Crippen LogP) is 8.41. The summed E-state index contributed by atoms with van der Waals surface area (Å²) in [6, 6.07) is 13.6. The van der Waals surface area contributed by atoms with Crippen molar-refractivity contribution in [2.45, 2.75) is 97.3 Å². The summed E-state index contributed by atoms with van der Waals surface area (Å²) in [5.41, 5.74) is 5.20. The minimum absolute atomic E-state index is 0.935. The fraction of sp³-hybridized carbons (Fsp3) is 0.607. The highest BCUT2D eigenvalue weighted by atomic mass is 14.7. The number of rotatable bonds is 11. The summed E-state index contributed by atoms with van der Waals surface area (Å²) in [7, 11) is 0. The number of aryl methyl sites for hydroxylation is 2. The van der Waals surface area contributed by atoms with Crippen LogP contribution in [0, 0.1) is 11.8 Å². The molecule has 1 saturated carbocycles. The van der Waals surface area contributed by atoms with Gasteiger partial charge in [-0.1, -0.05) is 95.5 Å². The van der Waals surface area contributed by atoms with Crippen molar-refractivity contribution in [3.63, 3.8) is 0 Å². The van der Waals surface area contributed by atoms with Gasteiger partial charge >= 0.3 is 0 Å². The maximum atomic E-state index is 4.77. The first-order valence-corrected chi connectivity index (χ1v) is 12.3. The normalized spacial score (nSPS) is 19.4. The Hall–Kier alpha value is -1.63. The van der Waals surface area contributed by atoms with Crippen molar-refractivity contribution in [2.24, 2.45) is 11.8 Å². The Balaban J connectivity index is 1.47. The van der Waals surface area contributed by atoms with Crippen molar-refractivity contribution >= 4 is 0 Å². The van der Waals surface area contributed by atoms with E-state index in [0.29, 0.717) is 0 Å². The second kappa shape index (κ2) is 12.2. The van der Waals surface area contributed by atoms with Gasteiger partial charge in [-0.25, -0.2) is 0 Å². The Morgan fingerprint density at radius 2 is 1.52 bits per heavy atom. The van der Waals surface area contributed by atoms with Crippen LogP contribution in [-0.4, -0.2) is 4.98 Å². The molecule has 0 bridgehead atoms. The first-order chi connectivity index (χ1) is 14.3. The minimum Gasteiger partial charge on any atom is -0.256 e. The van der Waals surface area contributed by atoms with E-state index < -0.39 is 0 Å². The first-order valence-electron chi connectivity index (χ1n) is 12.3. The van der Waals surface area contributed by atoms with Crippen molar-refractivity contribution in [3.05, 3.63) is 53.7 Å². The highest BCUT2D eigenvalue weighted by Gasteiger charge is 2.21. The number of unbranched alkanes of at least 4 members (excludes halogenated alkanes) is 3. The van der Waals surface area contributed by atoms with E-state index in [9.17, 15) is 0 Å². The fourth-order valence-electron chi connectivity index (χ4n) is 5.05. The highest BCUT2D eigenvalue weighted by molar-refractivity contribution is 5.59. The van der Waals surface area contributed by atoms with Crippen LogP contribution in [0.15, 0.2) is 42.6 Å². The average molecular weight is 392 g/mol. The van der Waals surface area contributed by atoms with E-state index in [2.05, 4.69) is 56.4 Å². The predicted molar refractivity (Wildman–Crippen MR) is 126 cm³/mol. The van der Waals surface area contributed by atoms with Crippen LogP contribution in [0.2, 0.25) is 0 Å². The van der Waals surface area contributed by atoms with E-state index in [1.165, 1.54) is 100 Å². The lowest BCUT2D eigenvalue weighted by Crippen LogP contribution is -2.16. The van der Waals surface area contributed by atoms with Crippen molar-refractivity contribution in [1.82, 2.24) is 4.98 Å². The third kappa shape index (κ3) is 7.28. The van der Waals surface area contributed by atoms with Gasteiger partial charge in [0.1, 0.15) is 0 Å². The SMILES string of the molecule is CCCCCCc1ccc(-c2ccc(CCC3CCCC(CCC)C3)cn2)cc1. The Morgan fingerprint density at radius 3 is 2.21 bits per heavy atom. The zero-order chi connectivity index (χ0) is 20.3. The van der Waals surface area contributed by atoms with Crippen LogP contribution < -0.4 is 0 Å². The largest absolute Gasteiger partial charge is 0.256 e. The van der Waals surface area contributed by atoms with E-state index in [-0.39, 0.29) is 0 Å². The molecule has 0 radical (unpaired) electrons. The molecule has 0 saturated heterocycles. The molecule has 0 N–H and O–H groups in total. The maximum Gasteiger partial charge on any atom is 0.0702 e. The molecule has 1 aromatic heterocycles. The maximum absolute atomic E-state index is 4.77. The molecular formula is C28H41N. The van der Waals surface area contributed by atoms with Gasteiger partial charge in [-0.2, -0.15) is 0 Å². The van der Waals surface area contributed by atoms with Gasteiger partial charge in [0.15, 0.2) is 0 Å². The molecule has 0 amide bonds. The van der Waals surface area contributed by atoms with Crippen LogP contribution in [0.3, 0.4) is 0 Å². The monoisotopic (exact) mass is 391 g/mol. The molecule has 1 aromatic carbocycles. The van der Waals surface area contributed by atoms with Crippen molar-refractivity contribution in [1.29, 1.82) is 0 Å². The van der Waals surface area contributed by atoms with Crippen molar-refractivity contribution < 1.29 is 0 Å². The summed E-state index contributed by atoms with van der Waals surface area (Å²) < 4.78 is 0. The Bertz CT molecular complexity index is 683. The number of pyridine rings is 1. The van der Waals surface area contributed by atoms with Crippen LogP contribution in [0.25, 0.3) is 11.3 Å². The molecule has 1 aliphatic rings. The lowest BCUT2D eigenvalue weighted by molar-refractivity contribution is 0.243. The quantitative estimate of drug-likeness (QED) is 0.350. The van der Waals surface area contributed by atoms with Gasteiger partial charge < -0.3 is 0 Å². The lowest BCUT2D eigenvalue weighted by Gasteiger charge is -2.29. The molecule has 2 aromatic rings. The summed E-state index contributed by atoms with van der Waals surface area (Å²) >= 11 is 0. The van der Waals surface area contributed by atoms with Crippen LogP contribution in [0.1, 0.15) is 95.6 Å².